The lowest BCUT2D eigenvalue weighted by Crippen LogP contribution is -2.16. The van der Waals surface area contributed by atoms with Gasteiger partial charge in [0.05, 0.1) is 6.10 Å². The fraction of sp³-hybridized carbons (Fsp3) is 0.500. The molecule has 90 valence electrons. The van der Waals surface area contributed by atoms with Crippen molar-refractivity contribution in [1.29, 1.82) is 0 Å². The van der Waals surface area contributed by atoms with Gasteiger partial charge in [0, 0.05) is 31.9 Å². The number of ether oxygens (including phenoxy) is 2. The van der Waals surface area contributed by atoms with Crippen molar-refractivity contribution in [2.45, 2.75) is 12.5 Å². The van der Waals surface area contributed by atoms with Crippen LogP contribution >= 0.6 is 11.6 Å². The first-order chi connectivity index (χ1) is 7.77. The van der Waals surface area contributed by atoms with Crippen molar-refractivity contribution in [2.75, 3.05) is 26.9 Å². The molecule has 0 aliphatic carbocycles. The minimum Gasteiger partial charge on any atom is -0.385 e. The van der Waals surface area contributed by atoms with Gasteiger partial charge < -0.3 is 15.2 Å². The largest absolute Gasteiger partial charge is 0.385 e. The van der Waals surface area contributed by atoms with Crippen molar-refractivity contribution >= 4 is 11.6 Å². The number of benzene rings is 1. The van der Waals surface area contributed by atoms with Gasteiger partial charge in [0.15, 0.2) is 0 Å². The predicted molar refractivity (Wildman–Crippen MR) is 65.7 cm³/mol. The van der Waals surface area contributed by atoms with Crippen LogP contribution in [0.2, 0.25) is 5.02 Å². The van der Waals surface area contributed by atoms with E-state index in [0.29, 0.717) is 19.8 Å². The van der Waals surface area contributed by atoms with E-state index >= 15 is 0 Å². The highest BCUT2D eigenvalue weighted by Gasteiger charge is 2.09. The minimum absolute atomic E-state index is 0.0610. The fourth-order valence-corrected chi connectivity index (χ4v) is 1.53. The second kappa shape index (κ2) is 7.63. The van der Waals surface area contributed by atoms with Crippen LogP contribution in [0.4, 0.5) is 0 Å². The monoisotopic (exact) mass is 243 g/mol. The van der Waals surface area contributed by atoms with E-state index < -0.39 is 0 Å². The summed E-state index contributed by atoms with van der Waals surface area (Å²) in [7, 11) is 1.68. The summed E-state index contributed by atoms with van der Waals surface area (Å²) in [4.78, 5) is 0. The standard InChI is InChI=1S/C12H18ClNO2/c1-15-7-2-8-16-12(9-14)10-3-5-11(13)6-4-10/h3-6,12H,2,7-9,14H2,1H3. The van der Waals surface area contributed by atoms with Gasteiger partial charge >= 0.3 is 0 Å². The maximum Gasteiger partial charge on any atom is 0.0947 e. The Bertz CT molecular complexity index is 290. The van der Waals surface area contributed by atoms with Gasteiger partial charge in [-0.15, -0.1) is 0 Å². The Labute approximate surface area is 101 Å². The molecule has 16 heavy (non-hydrogen) atoms. The molecule has 0 fully saturated rings. The van der Waals surface area contributed by atoms with Crippen LogP contribution in [0.1, 0.15) is 18.1 Å². The first-order valence-corrected chi connectivity index (χ1v) is 5.71. The van der Waals surface area contributed by atoms with E-state index in [2.05, 4.69) is 0 Å². The highest BCUT2D eigenvalue weighted by molar-refractivity contribution is 6.30. The zero-order valence-electron chi connectivity index (χ0n) is 9.49. The maximum absolute atomic E-state index is 5.82. The molecule has 0 radical (unpaired) electrons. The molecule has 0 saturated heterocycles. The van der Waals surface area contributed by atoms with Gasteiger partial charge in [-0.25, -0.2) is 0 Å². The van der Waals surface area contributed by atoms with Crippen molar-refractivity contribution in [3.8, 4) is 0 Å². The quantitative estimate of drug-likeness (QED) is 0.748. The van der Waals surface area contributed by atoms with Gasteiger partial charge in [-0.3, -0.25) is 0 Å². The summed E-state index contributed by atoms with van der Waals surface area (Å²) in [5.41, 5.74) is 6.73. The SMILES string of the molecule is COCCCOC(CN)c1ccc(Cl)cc1. The van der Waals surface area contributed by atoms with Crippen molar-refractivity contribution in [2.24, 2.45) is 5.73 Å². The summed E-state index contributed by atoms with van der Waals surface area (Å²) in [6.07, 6.45) is 0.815. The van der Waals surface area contributed by atoms with Crippen LogP contribution in [0.15, 0.2) is 24.3 Å². The number of rotatable bonds is 7. The highest BCUT2D eigenvalue weighted by atomic mass is 35.5. The van der Waals surface area contributed by atoms with E-state index in [0.717, 1.165) is 17.0 Å². The first-order valence-electron chi connectivity index (χ1n) is 5.34. The van der Waals surface area contributed by atoms with Gasteiger partial charge in [0.25, 0.3) is 0 Å². The molecule has 1 aromatic carbocycles. The molecule has 1 unspecified atom stereocenters. The van der Waals surface area contributed by atoms with Crippen molar-refractivity contribution in [3.63, 3.8) is 0 Å². The molecule has 0 saturated carbocycles. The second-order valence-electron chi connectivity index (χ2n) is 3.49. The topological polar surface area (TPSA) is 44.5 Å². The van der Waals surface area contributed by atoms with E-state index in [1.165, 1.54) is 0 Å². The molecular formula is C12H18ClNO2. The van der Waals surface area contributed by atoms with Crippen LogP contribution in [0.5, 0.6) is 0 Å². The van der Waals surface area contributed by atoms with E-state index in [1.54, 1.807) is 7.11 Å². The van der Waals surface area contributed by atoms with Gasteiger partial charge in [-0.2, -0.15) is 0 Å². The molecule has 0 heterocycles. The fourth-order valence-electron chi connectivity index (χ4n) is 1.41. The van der Waals surface area contributed by atoms with Crippen LogP contribution in [0, 0.1) is 0 Å². The lowest BCUT2D eigenvalue weighted by Gasteiger charge is -2.16. The number of hydrogen-bond acceptors (Lipinski definition) is 3. The lowest BCUT2D eigenvalue weighted by atomic mass is 10.1. The van der Waals surface area contributed by atoms with E-state index in [9.17, 15) is 0 Å². The minimum atomic E-state index is -0.0610. The Hall–Kier alpha value is -0.610. The second-order valence-corrected chi connectivity index (χ2v) is 3.93. The number of nitrogens with two attached hydrogens (primary N) is 1. The average molecular weight is 244 g/mol. The number of methoxy groups -OCH3 is 1. The highest BCUT2D eigenvalue weighted by Crippen LogP contribution is 2.18. The molecule has 0 aromatic heterocycles. The Morgan fingerprint density at radius 3 is 2.50 bits per heavy atom. The van der Waals surface area contributed by atoms with E-state index in [1.807, 2.05) is 24.3 Å². The third kappa shape index (κ3) is 4.49. The molecule has 1 rings (SSSR count). The zero-order valence-corrected chi connectivity index (χ0v) is 10.2. The normalized spacial score (nSPS) is 12.7. The van der Waals surface area contributed by atoms with Gasteiger partial charge in [0.1, 0.15) is 0 Å². The molecule has 0 bridgehead atoms. The summed E-state index contributed by atoms with van der Waals surface area (Å²) in [6, 6.07) is 7.57. The molecule has 1 atom stereocenters. The molecule has 2 N–H and O–H groups in total. The van der Waals surface area contributed by atoms with E-state index in [4.69, 9.17) is 26.8 Å². The van der Waals surface area contributed by atoms with Crippen molar-refractivity contribution < 1.29 is 9.47 Å². The average Bonchev–Trinajstić information content (AvgIpc) is 2.31. The van der Waals surface area contributed by atoms with Crippen LogP contribution in [-0.2, 0) is 9.47 Å². The zero-order chi connectivity index (χ0) is 11.8. The van der Waals surface area contributed by atoms with Crippen LogP contribution < -0.4 is 5.73 Å². The maximum atomic E-state index is 5.82. The summed E-state index contributed by atoms with van der Waals surface area (Å²) in [6.45, 7) is 1.82. The summed E-state index contributed by atoms with van der Waals surface area (Å²) >= 11 is 5.82. The molecular weight excluding hydrogens is 226 g/mol. The van der Waals surface area contributed by atoms with Crippen LogP contribution in [-0.4, -0.2) is 26.9 Å². The lowest BCUT2D eigenvalue weighted by molar-refractivity contribution is 0.0439. The molecule has 4 heteroatoms. The Morgan fingerprint density at radius 2 is 1.94 bits per heavy atom. The molecule has 3 nitrogen and oxygen atoms in total. The summed E-state index contributed by atoms with van der Waals surface area (Å²) < 4.78 is 10.6. The van der Waals surface area contributed by atoms with Gasteiger partial charge in [-0.05, 0) is 24.1 Å². The predicted octanol–water partition coefficient (Wildman–Crippen LogP) is 2.39. The number of halogens is 1. The Morgan fingerprint density at radius 1 is 1.25 bits per heavy atom. The van der Waals surface area contributed by atoms with Crippen molar-refractivity contribution in [3.05, 3.63) is 34.9 Å². The third-order valence-electron chi connectivity index (χ3n) is 2.27. The summed E-state index contributed by atoms with van der Waals surface area (Å²) in [5.74, 6) is 0. The van der Waals surface area contributed by atoms with E-state index in [-0.39, 0.29) is 6.10 Å². The smallest absolute Gasteiger partial charge is 0.0947 e. The first kappa shape index (κ1) is 13.5. The van der Waals surface area contributed by atoms with Gasteiger partial charge in [0.2, 0.25) is 0 Å². The molecule has 1 aromatic rings. The molecule has 0 aliphatic rings. The van der Waals surface area contributed by atoms with Crippen LogP contribution in [0.25, 0.3) is 0 Å². The number of hydrogen-bond donors (Lipinski definition) is 1. The Balaban J connectivity index is 2.44. The third-order valence-corrected chi connectivity index (χ3v) is 2.52. The molecule has 0 spiro atoms. The molecule has 0 amide bonds. The Kier molecular flexibility index (Phi) is 6.42. The van der Waals surface area contributed by atoms with Crippen LogP contribution in [0.3, 0.4) is 0 Å². The van der Waals surface area contributed by atoms with Gasteiger partial charge in [-0.1, -0.05) is 23.7 Å². The summed E-state index contributed by atoms with van der Waals surface area (Å²) in [5, 5.41) is 0.721. The van der Waals surface area contributed by atoms with Crippen molar-refractivity contribution in [1.82, 2.24) is 0 Å². The molecule has 0 aliphatic heterocycles.